The molecule has 1 aliphatic heterocycles. The van der Waals surface area contributed by atoms with Crippen LogP contribution in [0.4, 0.5) is 9.59 Å². The minimum atomic E-state index is -4.76. The molecule has 0 spiro atoms. The molecule has 2 amide bonds. The molecule has 18 heteroatoms. The van der Waals surface area contributed by atoms with Crippen molar-refractivity contribution >= 4 is 46.0 Å². The number of sulfonamides is 1. The molecule has 0 aromatic heterocycles. The number of nitrogens with zero attached hydrogens (tertiary/aromatic N) is 1. The van der Waals surface area contributed by atoms with Crippen LogP contribution >= 0.6 is 0 Å². The summed E-state index contributed by atoms with van der Waals surface area (Å²) in [4.78, 5) is 63.8. The van der Waals surface area contributed by atoms with Crippen molar-refractivity contribution in [3.05, 3.63) is 59.2 Å². The fraction of sp³-hybridized carbons (Fsp3) is 0.526. The average Bonchev–Trinajstić information content (AvgIpc) is 3.12. The number of carbonyl (C=O) groups is 5. The molecule has 2 aromatic carbocycles. The number of ether oxygens (including phenoxy) is 6. The van der Waals surface area contributed by atoms with Gasteiger partial charge >= 0.3 is 24.2 Å². The first kappa shape index (κ1) is 45.3. The van der Waals surface area contributed by atoms with Gasteiger partial charge in [0.2, 0.25) is 29.5 Å². The topological polar surface area (TPSA) is 226 Å². The Kier molecular flexibility index (Phi) is 15.9. The quantitative estimate of drug-likeness (QED) is 0.0781. The zero-order valence-electron chi connectivity index (χ0n) is 33.0. The van der Waals surface area contributed by atoms with Crippen LogP contribution in [0.25, 0.3) is 0 Å². The number of hydrogen-bond acceptors (Lipinski definition) is 14. The van der Waals surface area contributed by atoms with Gasteiger partial charge in [0.05, 0.1) is 24.0 Å². The Morgan fingerprint density at radius 1 is 0.839 bits per heavy atom. The largest absolute Gasteiger partial charge is 0.516 e. The van der Waals surface area contributed by atoms with E-state index in [1.54, 1.807) is 41.5 Å². The van der Waals surface area contributed by atoms with Crippen molar-refractivity contribution in [1.29, 1.82) is 5.41 Å². The third-order valence-corrected chi connectivity index (χ3v) is 9.69. The highest BCUT2D eigenvalue weighted by molar-refractivity contribution is 7.89. The lowest BCUT2D eigenvalue weighted by Gasteiger charge is -2.31. The summed E-state index contributed by atoms with van der Waals surface area (Å²) >= 11 is 0. The van der Waals surface area contributed by atoms with Crippen molar-refractivity contribution in [1.82, 2.24) is 14.9 Å². The van der Waals surface area contributed by atoms with E-state index in [4.69, 9.17) is 33.8 Å². The Morgan fingerprint density at radius 3 is 1.96 bits per heavy atom. The van der Waals surface area contributed by atoms with E-state index in [1.807, 2.05) is 24.3 Å². The molecule has 0 radical (unpaired) electrons. The van der Waals surface area contributed by atoms with E-state index in [0.29, 0.717) is 12.3 Å². The van der Waals surface area contributed by atoms with Gasteiger partial charge in [-0.25, -0.2) is 18.0 Å². The molecule has 0 aliphatic carbocycles. The van der Waals surface area contributed by atoms with Crippen LogP contribution in [0.5, 0.6) is 5.75 Å². The Bertz CT molecular complexity index is 1840. The molecule has 1 aliphatic rings. The maximum atomic E-state index is 14.2. The number of alkyl carbamates (subject to hydrolysis) is 1. The summed E-state index contributed by atoms with van der Waals surface area (Å²) in [6, 6.07) is 9.63. The summed E-state index contributed by atoms with van der Waals surface area (Å²) < 4.78 is 61.0. The van der Waals surface area contributed by atoms with Crippen LogP contribution in [0.3, 0.4) is 0 Å². The molecule has 56 heavy (non-hydrogen) atoms. The van der Waals surface area contributed by atoms with Crippen LogP contribution in [0.15, 0.2) is 47.4 Å². The van der Waals surface area contributed by atoms with E-state index in [1.165, 1.54) is 11.0 Å². The number of rotatable bonds is 14. The summed E-state index contributed by atoms with van der Waals surface area (Å²) in [5, 5.41) is 10.5. The van der Waals surface area contributed by atoms with E-state index in [2.05, 4.69) is 23.9 Å². The first-order chi connectivity index (χ1) is 26.1. The standard InChI is InChI=1S/C38H52N4O13S/c1-24(2)26-12-9-25(10-13-26)11-15-28(32(43)42-17-19-50-20-18-42)41-56(48,49)30-21-27(31(39)40-35(46)53-22-51-33(44)37(3,4)5)14-16-29(30)55-36(47)54-23-52-34(45)38(6,7)8/h9-10,12-14,16,21,24,28,41H,11,15,17-20,22-23H2,1-8H3,(H2,39,40,46). The minimum absolute atomic E-state index is 0.0521. The van der Waals surface area contributed by atoms with E-state index in [9.17, 15) is 32.4 Å². The monoisotopic (exact) mass is 804 g/mol. The molecule has 1 heterocycles. The van der Waals surface area contributed by atoms with E-state index in [0.717, 1.165) is 23.3 Å². The SMILES string of the molecule is CC(C)c1ccc(CCC(NS(=O)(=O)c2cc(C(=N)NC(=O)OCOC(=O)C(C)(C)C)ccc2OC(=O)OCOC(=O)C(C)(C)C)C(=O)N2CCOCC2)cc1. The highest BCUT2D eigenvalue weighted by Crippen LogP contribution is 2.27. The van der Waals surface area contributed by atoms with Crippen molar-refractivity contribution in [3.8, 4) is 5.75 Å². The minimum Gasteiger partial charge on any atom is -0.427 e. The second-order valence-corrected chi connectivity index (χ2v) is 16.9. The number of hydrogen-bond donors (Lipinski definition) is 3. The Balaban J connectivity index is 1.91. The van der Waals surface area contributed by atoms with Crippen molar-refractivity contribution in [2.24, 2.45) is 10.8 Å². The normalized spacial score (nSPS) is 14.0. The van der Waals surface area contributed by atoms with E-state index >= 15 is 0 Å². The zero-order valence-corrected chi connectivity index (χ0v) is 33.8. The molecular formula is C38H52N4O13S. The molecule has 0 saturated carbocycles. The van der Waals surface area contributed by atoms with Gasteiger partial charge < -0.3 is 33.3 Å². The van der Waals surface area contributed by atoms with Crippen molar-refractivity contribution in [2.45, 2.75) is 85.1 Å². The smallest absolute Gasteiger partial charge is 0.427 e. The van der Waals surface area contributed by atoms with Crippen molar-refractivity contribution in [2.75, 3.05) is 39.9 Å². The predicted octanol–water partition coefficient (Wildman–Crippen LogP) is 4.61. The summed E-state index contributed by atoms with van der Waals surface area (Å²) in [5.74, 6) is -2.72. The molecule has 1 saturated heterocycles. The lowest BCUT2D eigenvalue weighted by molar-refractivity contribution is -0.162. The fourth-order valence-electron chi connectivity index (χ4n) is 4.86. The number of aryl methyl sites for hydroxylation is 1. The number of morpholine rings is 1. The van der Waals surface area contributed by atoms with Gasteiger partial charge in [0.25, 0.3) is 0 Å². The van der Waals surface area contributed by atoms with Gasteiger partial charge in [0.15, 0.2) is 5.75 Å². The van der Waals surface area contributed by atoms with Crippen molar-refractivity contribution < 1.29 is 60.8 Å². The van der Waals surface area contributed by atoms with Crippen molar-refractivity contribution in [3.63, 3.8) is 0 Å². The lowest BCUT2D eigenvalue weighted by Crippen LogP contribution is -2.51. The van der Waals surface area contributed by atoms with Crippen LogP contribution in [-0.2, 0) is 54.5 Å². The maximum Gasteiger partial charge on any atom is 0.516 e. The van der Waals surface area contributed by atoms with Gasteiger partial charge in [-0.05, 0) is 89.6 Å². The van der Waals surface area contributed by atoms with Crippen LogP contribution in [0.1, 0.15) is 84.4 Å². The number of amides is 2. The van der Waals surface area contributed by atoms with Crippen LogP contribution in [0, 0.1) is 16.2 Å². The van der Waals surface area contributed by atoms with Gasteiger partial charge in [-0.3, -0.25) is 25.1 Å². The summed E-state index contributed by atoms with van der Waals surface area (Å²) in [5.41, 5.74) is 0.0420. The molecule has 1 unspecified atom stereocenters. The first-order valence-corrected chi connectivity index (χ1v) is 19.4. The van der Waals surface area contributed by atoms with Crippen LogP contribution < -0.4 is 14.8 Å². The average molecular weight is 805 g/mol. The van der Waals surface area contributed by atoms with Gasteiger partial charge in [-0.1, -0.05) is 38.1 Å². The maximum absolute atomic E-state index is 14.2. The zero-order chi connectivity index (χ0) is 41.8. The molecule has 1 fully saturated rings. The number of carbonyl (C=O) groups excluding carboxylic acids is 5. The van der Waals surface area contributed by atoms with Crippen LogP contribution in [0.2, 0.25) is 0 Å². The molecule has 3 rings (SSSR count). The highest BCUT2D eigenvalue weighted by atomic mass is 32.2. The molecule has 308 valence electrons. The van der Waals surface area contributed by atoms with Gasteiger partial charge in [-0.15, -0.1) is 0 Å². The molecule has 1 atom stereocenters. The van der Waals surface area contributed by atoms with Crippen LogP contribution in [-0.4, -0.2) is 95.2 Å². The summed E-state index contributed by atoms with van der Waals surface area (Å²) in [6.07, 6.45) is -2.24. The predicted molar refractivity (Wildman–Crippen MR) is 201 cm³/mol. The second kappa shape index (κ2) is 19.7. The van der Waals surface area contributed by atoms with Gasteiger partial charge in [0.1, 0.15) is 16.8 Å². The van der Waals surface area contributed by atoms with E-state index in [-0.39, 0.29) is 38.3 Å². The Labute approximate surface area is 327 Å². The van der Waals surface area contributed by atoms with Gasteiger partial charge in [-0.2, -0.15) is 4.72 Å². The molecule has 0 bridgehead atoms. The molecular weight excluding hydrogens is 752 g/mol. The molecule has 17 nitrogen and oxygen atoms in total. The number of amidine groups is 1. The molecule has 2 aromatic rings. The first-order valence-electron chi connectivity index (χ1n) is 17.9. The summed E-state index contributed by atoms with van der Waals surface area (Å²) in [6.45, 7) is 13.1. The number of esters is 2. The Hall–Kier alpha value is -5.07. The molecule has 3 N–H and O–H groups in total. The lowest BCUT2D eigenvalue weighted by atomic mass is 9.97. The third kappa shape index (κ3) is 13.9. The highest BCUT2D eigenvalue weighted by Gasteiger charge is 2.33. The number of nitrogens with one attached hydrogen (secondary N) is 3. The van der Waals surface area contributed by atoms with E-state index < -0.39 is 87.1 Å². The second-order valence-electron chi connectivity index (χ2n) is 15.2. The number of benzene rings is 2. The summed E-state index contributed by atoms with van der Waals surface area (Å²) in [7, 11) is -4.76. The third-order valence-electron chi connectivity index (χ3n) is 8.20. The fourth-order valence-corrected chi connectivity index (χ4v) is 6.23. The van der Waals surface area contributed by atoms with Gasteiger partial charge in [0, 0.05) is 18.7 Å². The Morgan fingerprint density at radius 2 is 1.41 bits per heavy atom.